The minimum absolute atomic E-state index is 0.656. The van der Waals surface area contributed by atoms with Gasteiger partial charge in [-0.3, -0.25) is 0 Å². The van der Waals surface area contributed by atoms with Gasteiger partial charge < -0.3 is 4.42 Å². The third-order valence-electron chi connectivity index (χ3n) is 3.01. The van der Waals surface area contributed by atoms with E-state index in [0.29, 0.717) is 5.92 Å². The first-order valence-corrected chi connectivity index (χ1v) is 4.60. The lowest BCUT2D eigenvalue weighted by Gasteiger charge is -1.99. The van der Waals surface area contributed by atoms with Gasteiger partial charge in [0.1, 0.15) is 6.26 Å². The highest BCUT2D eigenvalue weighted by molar-refractivity contribution is 5.17. The van der Waals surface area contributed by atoms with Gasteiger partial charge in [-0.2, -0.15) is 0 Å². The molecule has 0 amide bonds. The summed E-state index contributed by atoms with van der Waals surface area (Å²) in [5.74, 6) is 3.02. The Balaban J connectivity index is 2.10. The fourth-order valence-corrected chi connectivity index (χ4v) is 2.37. The molecule has 1 fully saturated rings. The van der Waals surface area contributed by atoms with Gasteiger partial charge >= 0.3 is 0 Å². The van der Waals surface area contributed by atoms with E-state index in [1.807, 2.05) is 0 Å². The quantitative estimate of drug-likeness (QED) is 0.673. The first-order valence-electron chi connectivity index (χ1n) is 4.60. The summed E-state index contributed by atoms with van der Waals surface area (Å²) in [5.41, 5.74) is 1.14. The molecule has 0 aromatic carbocycles. The van der Waals surface area contributed by atoms with Crippen molar-refractivity contribution in [2.24, 2.45) is 17.8 Å². The molecule has 1 heterocycles. The zero-order valence-corrected chi connectivity index (χ0v) is 7.82. The summed E-state index contributed by atoms with van der Waals surface area (Å²) in [7, 11) is 0. The average Bonchev–Trinajstić information content (AvgIpc) is 2.50. The zero-order valence-electron chi connectivity index (χ0n) is 7.82. The van der Waals surface area contributed by atoms with Gasteiger partial charge in [-0.05, 0) is 17.8 Å². The van der Waals surface area contributed by atoms with E-state index in [4.69, 9.17) is 4.42 Å². The van der Waals surface area contributed by atoms with Crippen LogP contribution in [0.2, 0.25) is 0 Å². The smallest absolute Gasteiger partial charge is 0.180 e. The van der Waals surface area contributed by atoms with Gasteiger partial charge in [0.15, 0.2) is 6.39 Å². The molecule has 66 valence electrons. The summed E-state index contributed by atoms with van der Waals surface area (Å²) < 4.78 is 4.98. The van der Waals surface area contributed by atoms with Crippen LogP contribution in [0.3, 0.4) is 0 Å². The zero-order chi connectivity index (χ0) is 8.72. The molecule has 2 rings (SSSR count). The van der Waals surface area contributed by atoms with Crippen LogP contribution in [0, 0.1) is 17.8 Å². The Bertz CT molecular complexity index is 253. The van der Waals surface area contributed by atoms with Gasteiger partial charge in [0.05, 0.1) is 5.69 Å². The molecule has 1 aliphatic rings. The highest BCUT2D eigenvalue weighted by Gasteiger charge is 2.50. The minimum atomic E-state index is 0.656. The van der Waals surface area contributed by atoms with Gasteiger partial charge in [-0.15, -0.1) is 0 Å². The molecule has 0 bridgehead atoms. The maximum atomic E-state index is 4.98. The highest BCUT2D eigenvalue weighted by Crippen LogP contribution is 2.56. The van der Waals surface area contributed by atoms with Gasteiger partial charge in [0.2, 0.25) is 0 Å². The van der Waals surface area contributed by atoms with Crippen LogP contribution in [0.5, 0.6) is 0 Å². The molecule has 1 aromatic rings. The SMILES string of the molecule is CC(C)C1C(C)C1c1cocn1. The van der Waals surface area contributed by atoms with Gasteiger partial charge in [0.25, 0.3) is 0 Å². The van der Waals surface area contributed by atoms with Gasteiger partial charge in [-0.25, -0.2) is 4.98 Å². The summed E-state index contributed by atoms with van der Waals surface area (Å²) in [4.78, 5) is 4.19. The molecule has 2 nitrogen and oxygen atoms in total. The van der Waals surface area contributed by atoms with Crippen LogP contribution in [-0.2, 0) is 0 Å². The van der Waals surface area contributed by atoms with E-state index in [0.717, 1.165) is 23.4 Å². The maximum Gasteiger partial charge on any atom is 0.180 e. The first-order chi connectivity index (χ1) is 5.72. The molecule has 3 unspecified atom stereocenters. The van der Waals surface area contributed by atoms with Crippen LogP contribution in [-0.4, -0.2) is 4.98 Å². The van der Waals surface area contributed by atoms with Crippen LogP contribution in [0.4, 0.5) is 0 Å². The fraction of sp³-hybridized carbons (Fsp3) is 0.700. The molecule has 0 aliphatic heterocycles. The summed E-state index contributed by atoms with van der Waals surface area (Å²) >= 11 is 0. The average molecular weight is 165 g/mol. The third-order valence-corrected chi connectivity index (χ3v) is 3.01. The molecule has 12 heavy (non-hydrogen) atoms. The van der Waals surface area contributed by atoms with Crippen molar-refractivity contribution in [2.75, 3.05) is 0 Å². The van der Waals surface area contributed by atoms with Crippen LogP contribution >= 0.6 is 0 Å². The molecule has 0 N–H and O–H groups in total. The lowest BCUT2D eigenvalue weighted by molar-refractivity contribution is 0.521. The Morgan fingerprint density at radius 3 is 2.67 bits per heavy atom. The van der Waals surface area contributed by atoms with Crippen molar-refractivity contribution in [1.82, 2.24) is 4.98 Å². The lowest BCUT2D eigenvalue weighted by atomic mass is 10.1. The van der Waals surface area contributed by atoms with E-state index in [1.54, 1.807) is 6.26 Å². The number of oxazole rings is 1. The van der Waals surface area contributed by atoms with Crippen molar-refractivity contribution in [3.8, 4) is 0 Å². The van der Waals surface area contributed by atoms with E-state index in [1.165, 1.54) is 6.39 Å². The van der Waals surface area contributed by atoms with Crippen LogP contribution in [0.1, 0.15) is 32.4 Å². The number of nitrogens with zero attached hydrogens (tertiary/aromatic N) is 1. The van der Waals surface area contributed by atoms with Crippen molar-refractivity contribution < 1.29 is 4.42 Å². The highest BCUT2D eigenvalue weighted by atomic mass is 16.3. The van der Waals surface area contributed by atoms with Crippen molar-refractivity contribution in [1.29, 1.82) is 0 Å². The van der Waals surface area contributed by atoms with Gasteiger partial charge in [0, 0.05) is 5.92 Å². The Labute approximate surface area is 73.0 Å². The van der Waals surface area contributed by atoms with Gasteiger partial charge in [-0.1, -0.05) is 20.8 Å². The summed E-state index contributed by atoms with van der Waals surface area (Å²) in [5, 5.41) is 0. The molecular weight excluding hydrogens is 150 g/mol. The number of aromatic nitrogens is 1. The lowest BCUT2D eigenvalue weighted by Crippen LogP contribution is -1.92. The van der Waals surface area contributed by atoms with E-state index in [-0.39, 0.29) is 0 Å². The van der Waals surface area contributed by atoms with Crippen molar-refractivity contribution >= 4 is 0 Å². The maximum absolute atomic E-state index is 4.98. The monoisotopic (exact) mass is 165 g/mol. The molecule has 0 spiro atoms. The number of rotatable bonds is 2. The molecule has 1 aliphatic carbocycles. The predicted molar refractivity (Wildman–Crippen MR) is 46.7 cm³/mol. The Kier molecular flexibility index (Phi) is 1.71. The number of hydrogen-bond donors (Lipinski definition) is 0. The molecule has 3 atom stereocenters. The molecule has 0 radical (unpaired) electrons. The van der Waals surface area contributed by atoms with Crippen LogP contribution in [0.25, 0.3) is 0 Å². The third kappa shape index (κ3) is 1.06. The standard InChI is InChI=1S/C10H15NO/c1-6(2)9-7(3)10(9)8-4-12-5-11-8/h4-7,9-10H,1-3H3. The Morgan fingerprint density at radius 2 is 2.25 bits per heavy atom. The second kappa shape index (κ2) is 2.61. The number of hydrogen-bond acceptors (Lipinski definition) is 2. The summed E-state index contributed by atoms with van der Waals surface area (Å²) in [6.45, 7) is 6.85. The van der Waals surface area contributed by atoms with E-state index >= 15 is 0 Å². The largest absolute Gasteiger partial charge is 0.451 e. The summed E-state index contributed by atoms with van der Waals surface area (Å²) in [6.07, 6.45) is 3.31. The van der Waals surface area contributed by atoms with Crippen LogP contribution < -0.4 is 0 Å². The topological polar surface area (TPSA) is 26.0 Å². The first kappa shape index (κ1) is 7.84. The summed E-state index contributed by atoms with van der Waals surface area (Å²) in [6, 6.07) is 0. The molecule has 2 heteroatoms. The van der Waals surface area contributed by atoms with Crippen molar-refractivity contribution in [3.63, 3.8) is 0 Å². The second-order valence-electron chi connectivity index (χ2n) is 4.12. The van der Waals surface area contributed by atoms with Crippen molar-refractivity contribution in [3.05, 3.63) is 18.4 Å². The predicted octanol–water partition coefficient (Wildman–Crippen LogP) is 2.68. The Morgan fingerprint density at radius 1 is 1.50 bits per heavy atom. The molecule has 1 aromatic heterocycles. The molecular formula is C10H15NO. The fourth-order valence-electron chi connectivity index (χ4n) is 2.37. The van der Waals surface area contributed by atoms with E-state index in [9.17, 15) is 0 Å². The second-order valence-corrected chi connectivity index (χ2v) is 4.12. The van der Waals surface area contributed by atoms with E-state index < -0.39 is 0 Å². The van der Waals surface area contributed by atoms with Crippen molar-refractivity contribution in [2.45, 2.75) is 26.7 Å². The molecule has 1 saturated carbocycles. The Hall–Kier alpha value is -0.790. The minimum Gasteiger partial charge on any atom is -0.451 e. The van der Waals surface area contributed by atoms with E-state index in [2.05, 4.69) is 25.8 Å². The molecule has 0 saturated heterocycles. The normalized spacial score (nSPS) is 34.2. The van der Waals surface area contributed by atoms with Crippen LogP contribution in [0.15, 0.2) is 17.1 Å².